The van der Waals surface area contributed by atoms with Crippen molar-refractivity contribution in [2.24, 2.45) is 5.92 Å². The van der Waals surface area contributed by atoms with Gasteiger partial charge in [0, 0.05) is 50.4 Å². The van der Waals surface area contributed by atoms with E-state index in [0.717, 1.165) is 0 Å². The second kappa shape index (κ2) is 8.22. The molecule has 1 heterocycles. The van der Waals surface area contributed by atoms with Gasteiger partial charge in [-0.2, -0.15) is 0 Å². The van der Waals surface area contributed by atoms with Crippen LogP contribution >= 0.6 is 0 Å². The number of carbonyl (C=O) groups excluding carboxylic acids is 3. The van der Waals surface area contributed by atoms with E-state index in [0.29, 0.717) is 13.1 Å². The Balaban J connectivity index is 1.82. The first-order valence-electron chi connectivity index (χ1n) is 9.25. The summed E-state index contributed by atoms with van der Waals surface area (Å²) in [5, 5.41) is 5.24. The Morgan fingerprint density at radius 2 is 2.00 bits per heavy atom. The van der Waals surface area contributed by atoms with Gasteiger partial charge in [0.05, 0.1) is 19.9 Å². The van der Waals surface area contributed by atoms with E-state index in [2.05, 4.69) is 10.6 Å². The Bertz CT molecular complexity index is 830. The first-order valence-corrected chi connectivity index (χ1v) is 9.25. The molecule has 1 unspecified atom stereocenters. The number of alkyl halides is 2. The fraction of sp³-hybridized carbons (Fsp3) is 0.526. The zero-order valence-corrected chi connectivity index (χ0v) is 16.2. The van der Waals surface area contributed by atoms with E-state index in [4.69, 9.17) is 9.47 Å². The average Bonchev–Trinajstić information content (AvgIpc) is 3.34. The van der Waals surface area contributed by atoms with E-state index >= 15 is 0 Å². The van der Waals surface area contributed by atoms with Crippen LogP contribution < -0.4 is 20.1 Å². The smallest absolute Gasteiger partial charge is 0.254 e. The van der Waals surface area contributed by atoms with Crippen molar-refractivity contribution in [2.75, 3.05) is 39.2 Å². The fourth-order valence-corrected chi connectivity index (χ4v) is 3.25. The van der Waals surface area contributed by atoms with Gasteiger partial charge in [-0.25, -0.2) is 8.78 Å². The summed E-state index contributed by atoms with van der Waals surface area (Å²) in [6.07, 6.45) is -0.435. The molecular weight excluding hydrogens is 388 g/mol. The topological polar surface area (TPSA) is 97.0 Å². The number of hydrogen-bond donors (Lipinski definition) is 2. The molecule has 1 aliphatic carbocycles. The minimum absolute atomic E-state index is 0.127. The first kappa shape index (κ1) is 20.8. The van der Waals surface area contributed by atoms with Crippen LogP contribution in [0, 0.1) is 5.92 Å². The number of methoxy groups -OCH3 is 2. The van der Waals surface area contributed by atoms with Crippen LogP contribution in [0.15, 0.2) is 12.1 Å². The van der Waals surface area contributed by atoms with Gasteiger partial charge in [-0.15, -0.1) is 0 Å². The molecule has 3 amide bonds. The maximum absolute atomic E-state index is 13.1. The van der Waals surface area contributed by atoms with Crippen molar-refractivity contribution in [3.63, 3.8) is 0 Å². The van der Waals surface area contributed by atoms with Gasteiger partial charge in [0.25, 0.3) is 11.8 Å². The molecule has 2 fully saturated rings. The molecule has 1 aromatic rings. The summed E-state index contributed by atoms with van der Waals surface area (Å²) >= 11 is 0. The van der Waals surface area contributed by atoms with Gasteiger partial charge in [0.15, 0.2) is 11.5 Å². The van der Waals surface area contributed by atoms with Crippen LogP contribution in [0.5, 0.6) is 11.5 Å². The predicted molar refractivity (Wildman–Crippen MR) is 99.4 cm³/mol. The molecule has 10 heteroatoms. The van der Waals surface area contributed by atoms with Crippen molar-refractivity contribution in [3.05, 3.63) is 17.7 Å². The number of amides is 3. The SMILES string of the molecule is COc1cc(C(=O)N2CCNC(=O)CC2)cc(NC(=O)CC2CC2(F)F)c1OC. The number of rotatable bonds is 6. The lowest BCUT2D eigenvalue weighted by atomic mass is 10.1. The number of ether oxygens (including phenoxy) is 2. The Hall–Kier alpha value is -2.91. The molecule has 1 saturated heterocycles. The summed E-state index contributed by atoms with van der Waals surface area (Å²) in [5.41, 5.74) is 0.386. The summed E-state index contributed by atoms with van der Waals surface area (Å²) in [4.78, 5) is 38.1. The molecule has 1 aliphatic heterocycles. The van der Waals surface area contributed by atoms with Gasteiger partial charge in [0.1, 0.15) is 0 Å². The molecule has 8 nitrogen and oxygen atoms in total. The summed E-state index contributed by atoms with van der Waals surface area (Å²) in [5.74, 6) is -4.43. The number of benzene rings is 1. The second-order valence-electron chi connectivity index (χ2n) is 7.07. The van der Waals surface area contributed by atoms with Crippen molar-refractivity contribution in [3.8, 4) is 11.5 Å². The summed E-state index contributed by atoms with van der Waals surface area (Å²) < 4.78 is 36.7. The quantitative estimate of drug-likeness (QED) is 0.742. The maximum Gasteiger partial charge on any atom is 0.254 e. The van der Waals surface area contributed by atoms with E-state index in [-0.39, 0.29) is 60.4 Å². The van der Waals surface area contributed by atoms with Crippen LogP contribution in [0.3, 0.4) is 0 Å². The highest BCUT2D eigenvalue weighted by molar-refractivity contribution is 5.99. The third kappa shape index (κ3) is 4.75. The van der Waals surface area contributed by atoms with E-state index in [1.807, 2.05) is 0 Å². The molecule has 3 rings (SSSR count). The Kier molecular flexibility index (Phi) is 5.90. The minimum Gasteiger partial charge on any atom is -0.493 e. The fourth-order valence-electron chi connectivity index (χ4n) is 3.25. The number of hydrogen-bond acceptors (Lipinski definition) is 5. The van der Waals surface area contributed by atoms with Crippen LogP contribution in [-0.2, 0) is 9.59 Å². The van der Waals surface area contributed by atoms with Gasteiger partial charge < -0.3 is 25.0 Å². The minimum atomic E-state index is -2.80. The summed E-state index contributed by atoms with van der Waals surface area (Å²) in [6.45, 7) is 0.950. The Morgan fingerprint density at radius 1 is 1.28 bits per heavy atom. The standard InChI is InChI=1S/C19H23F2N3O5/c1-28-14-8-11(18(27)24-5-3-15(25)22-4-6-24)7-13(17(14)29-2)23-16(26)9-12-10-19(12,20)21/h7-8,12H,3-6,9-10H2,1-2H3,(H,22,25)(H,23,26). The number of halogens is 2. The molecule has 0 aromatic heterocycles. The molecule has 2 N–H and O–H groups in total. The summed E-state index contributed by atoms with van der Waals surface area (Å²) in [7, 11) is 2.76. The van der Waals surface area contributed by atoms with Crippen molar-refractivity contribution in [2.45, 2.75) is 25.2 Å². The van der Waals surface area contributed by atoms with Crippen LogP contribution in [0.4, 0.5) is 14.5 Å². The monoisotopic (exact) mass is 411 g/mol. The molecule has 29 heavy (non-hydrogen) atoms. The lowest BCUT2D eigenvalue weighted by Gasteiger charge is -2.21. The Morgan fingerprint density at radius 3 is 2.62 bits per heavy atom. The van der Waals surface area contributed by atoms with E-state index < -0.39 is 17.7 Å². The number of nitrogens with one attached hydrogen (secondary N) is 2. The molecule has 1 saturated carbocycles. The lowest BCUT2D eigenvalue weighted by Crippen LogP contribution is -2.34. The van der Waals surface area contributed by atoms with Crippen LogP contribution in [0.1, 0.15) is 29.6 Å². The second-order valence-corrected chi connectivity index (χ2v) is 7.07. The molecule has 0 bridgehead atoms. The zero-order valence-electron chi connectivity index (χ0n) is 16.2. The Labute approximate surface area is 166 Å². The average molecular weight is 411 g/mol. The molecule has 0 spiro atoms. The van der Waals surface area contributed by atoms with Gasteiger partial charge in [0.2, 0.25) is 11.8 Å². The van der Waals surface area contributed by atoms with Crippen molar-refractivity contribution >= 4 is 23.4 Å². The highest BCUT2D eigenvalue weighted by atomic mass is 19.3. The van der Waals surface area contributed by atoms with Crippen molar-refractivity contribution < 1.29 is 32.6 Å². The van der Waals surface area contributed by atoms with Crippen molar-refractivity contribution in [1.29, 1.82) is 0 Å². The predicted octanol–water partition coefficient (Wildman–Crippen LogP) is 1.65. The normalized spacial score (nSPS) is 20.3. The molecule has 2 aliphatic rings. The van der Waals surface area contributed by atoms with E-state index in [9.17, 15) is 23.2 Å². The third-order valence-corrected chi connectivity index (χ3v) is 4.99. The molecular formula is C19H23F2N3O5. The van der Waals surface area contributed by atoms with Gasteiger partial charge in [-0.05, 0) is 12.1 Å². The molecule has 158 valence electrons. The van der Waals surface area contributed by atoms with Gasteiger partial charge in [-0.3, -0.25) is 14.4 Å². The maximum atomic E-state index is 13.1. The van der Waals surface area contributed by atoms with Crippen LogP contribution in [-0.4, -0.2) is 62.4 Å². The molecule has 0 radical (unpaired) electrons. The van der Waals surface area contributed by atoms with E-state index in [1.54, 1.807) is 0 Å². The number of carbonyl (C=O) groups is 3. The number of anilines is 1. The summed E-state index contributed by atoms with van der Waals surface area (Å²) in [6, 6.07) is 2.90. The van der Waals surface area contributed by atoms with Crippen LogP contribution in [0.2, 0.25) is 0 Å². The lowest BCUT2D eigenvalue weighted by molar-refractivity contribution is -0.120. The van der Waals surface area contributed by atoms with Crippen molar-refractivity contribution in [1.82, 2.24) is 10.2 Å². The number of nitrogens with zero attached hydrogens (tertiary/aromatic N) is 1. The zero-order chi connectivity index (χ0) is 21.2. The first-order chi connectivity index (χ1) is 13.7. The van der Waals surface area contributed by atoms with Crippen LogP contribution in [0.25, 0.3) is 0 Å². The molecule has 1 aromatic carbocycles. The van der Waals surface area contributed by atoms with Gasteiger partial charge >= 0.3 is 0 Å². The molecule has 1 atom stereocenters. The van der Waals surface area contributed by atoms with Gasteiger partial charge in [-0.1, -0.05) is 0 Å². The largest absolute Gasteiger partial charge is 0.493 e. The third-order valence-electron chi connectivity index (χ3n) is 4.99. The van der Waals surface area contributed by atoms with E-state index in [1.165, 1.54) is 31.3 Å². The highest BCUT2D eigenvalue weighted by Crippen LogP contribution is 2.50. The highest BCUT2D eigenvalue weighted by Gasteiger charge is 2.57.